The number of ether oxygens (including phenoxy) is 2. The van der Waals surface area contributed by atoms with Crippen molar-refractivity contribution >= 4 is 12.1 Å². The summed E-state index contributed by atoms with van der Waals surface area (Å²) in [6, 6.07) is 14.0. The summed E-state index contributed by atoms with van der Waals surface area (Å²) in [5.74, 6) is 0.278. The van der Waals surface area contributed by atoms with Crippen LogP contribution in [0.2, 0.25) is 0 Å². The van der Waals surface area contributed by atoms with Gasteiger partial charge in [-0.05, 0) is 62.6 Å². The Labute approximate surface area is 171 Å². The number of carboxylic acids is 1. The third-order valence-corrected chi connectivity index (χ3v) is 4.05. The average molecular weight is 399 g/mol. The molecule has 0 saturated carbocycles. The number of carbonyl (C=O) groups excluding carboxylic acids is 1. The normalized spacial score (nSPS) is 12.1. The van der Waals surface area contributed by atoms with Crippen molar-refractivity contribution in [2.24, 2.45) is 0 Å². The van der Waals surface area contributed by atoms with Crippen LogP contribution in [0.5, 0.6) is 11.5 Å². The van der Waals surface area contributed by atoms with E-state index in [2.05, 4.69) is 12.2 Å². The van der Waals surface area contributed by atoms with E-state index in [1.54, 1.807) is 45.0 Å². The van der Waals surface area contributed by atoms with Crippen LogP contribution in [-0.2, 0) is 22.4 Å². The standard InChI is InChI=1S/C23H29NO5/c1-5-6-16-7-11-18(12-8-16)28-19-13-9-17(10-14-19)15-20(21(25)26)24-22(27)29-23(2,3)4/h7-14,20H,5-6,15H2,1-4H3,(H,24,27)(H,25,26). The molecule has 0 aliphatic heterocycles. The molecule has 6 nitrogen and oxygen atoms in total. The second-order valence-electron chi connectivity index (χ2n) is 7.88. The Bertz CT molecular complexity index is 807. The molecular weight excluding hydrogens is 370 g/mol. The van der Waals surface area contributed by atoms with Gasteiger partial charge in [0.05, 0.1) is 0 Å². The molecule has 0 aliphatic carbocycles. The van der Waals surface area contributed by atoms with Gasteiger partial charge in [0.15, 0.2) is 0 Å². The Kier molecular flexibility index (Phi) is 7.65. The molecule has 2 aromatic carbocycles. The molecule has 6 heteroatoms. The number of aliphatic carboxylic acids is 1. The molecule has 0 heterocycles. The van der Waals surface area contributed by atoms with Gasteiger partial charge < -0.3 is 19.9 Å². The van der Waals surface area contributed by atoms with Crippen LogP contribution < -0.4 is 10.1 Å². The smallest absolute Gasteiger partial charge is 0.408 e. The minimum atomic E-state index is -1.12. The molecule has 0 aliphatic rings. The SMILES string of the molecule is CCCc1ccc(Oc2ccc(CC(NC(=O)OC(C)(C)C)C(=O)O)cc2)cc1. The Morgan fingerprint density at radius 2 is 1.48 bits per heavy atom. The first-order chi connectivity index (χ1) is 13.7. The predicted octanol–water partition coefficient (Wildman–Crippen LogP) is 4.95. The van der Waals surface area contributed by atoms with Gasteiger partial charge in [0.1, 0.15) is 23.1 Å². The van der Waals surface area contributed by atoms with Gasteiger partial charge in [-0.25, -0.2) is 9.59 Å². The molecule has 0 bridgehead atoms. The van der Waals surface area contributed by atoms with E-state index in [1.807, 2.05) is 24.3 Å². The van der Waals surface area contributed by atoms with E-state index in [4.69, 9.17) is 9.47 Å². The summed E-state index contributed by atoms with van der Waals surface area (Å²) in [5.41, 5.74) is 1.34. The highest BCUT2D eigenvalue weighted by Gasteiger charge is 2.24. The summed E-state index contributed by atoms with van der Waals surface area (Å²) >= 11 is 0. The molecule has 1 atom stereocenters. The van der Waals surface area contributed by atoms with E-state index in [0.29, 0.717) is 5.75 Å². The van der Waals surface area contributed by atoms with Crippen LogP contribution >= 0.6 is 0 Å². The zero-order valence-corrected chi connectivity index (χ0v) is 17.4. The maximum Gasteiger partial charge on any atom is 0.408 e. The molecule has 2 N–H and O–H groups in total. The van der Waals surface area contributed by atoms with Gasteiger partial charge in [-0.15, -0.1) is 0 Å². The fourth-order valence-electron chi connectivity index (χ4n) is 2.73. The Morgan fingerprint density at radius 1 is 0.966 bits per heavy atom. The Balaban J connectivity index is 1.97. The van der Waals surface area contributed by atoms with E-state index in [1.165, 1.54) is 5.56 Å². The van der Waals surface area contributed by atoms with Crippen LogP contribution in [0, 0.1) is 0 Å². The van der Waals surface area contributed by atoms with Crippen LogP contribution in [0.1, 0.15) is 45.2 Å². The molecule has 0 aromatic heterocycles. The van der Waals surface area contributed by atoms with Crippen molar-refractivity contribution in [1.82, 2.24) is 5.32 Å². The number of carboxylic acid groups (broad SMARTS) is 1. The van der Waals surface area contributed by atoms with Crippen LogP contribution in [0.25, 0.3) is 0 Å². The second-order valence-corrected chi connectivity index (χ2v) is 7.88. The first-order valence-corrected chi connectivity index (χ1v) is 9.74. The summed E-state index contributed by atoms with van der Waals surface area (Å²) in [5, 5.41) is 11.8. The fourth-order valence-corrected chi connectivity index (χ4v) is 2.73. The van der Waals surface area contributed by atoms with Crippen LogP contribution in [-0.4, -0.2) is 28.8 Å². The molecule has 0 spiro atoms. The minimum absolute atomic E-state index is 0.139. The highest BCUT2D eigenvalue weighted by atomic mass is 16.6. The summed E-state index contributed by atoms with van der Waals surface area (Å²) in [6.45, 7) is 7.30. The van der Waals surface area contributed by atoms with E-state index < -0.39 is 23.7 Å². The zero-order chi connectivity index (χ0) is 21.4. The van der Waals surface area contributed by atoms with Crippen LogP contribution in [0.3, 0.4) is 0 Å². The molecule has 0 radical (unpaired) electrons. The molecule has 2 aromatic rings. The quantitative estimate of drug-likeness (QED) is 0.656. The van der Waals surface area contributed by atoms with Crippen LogP contribution in [0.15, 0.2) is 48.5 Å². The van der Waals surface area contributed by atoms with E-state index in [9.17, 15) is 14.7 Å². The zero-order valence-electron chi connectivity index (χ0n) is 17.4. The number of carbonyl (C=O) groups is 2. The van der Waals surface area contributed by atoms with E-state index >= 15 is 0 Å². The van der Waals surface area contributed by atoms with Gasteiger partial charge in [-0.3, -0.25) is 0 Å². The lowest BCUT2D eigenvalue weighted by Gasteiger charge is -2.22. The summed E-state index contributed by atoms with van der Waals surface area (Å²) in [7, 11) is 0. The maximum absolute atomic E-state index is 11.9. The predicted molar refractivity (Wildman–Crippen MR) is 111 cm³/mol. The monoisotopic (exact) mass is 399 g/mol. The van der Waals surface area contributed by atoms with E-state index in [-0.39, 0.29) is 6.42 Å². The van der Waals surface area contributed by atoms with Crippen molar-refractivity contribution in [2.45, 2.75) is 58.6 Å². The topological polar surface area (TPSA) is 84.9 Å². The number of hydrogen-bond acceptors (Lipinski definition) is 4. The number of rotatable bonds is 8. The van der Waals surface area contributed by atoms with Gasteiger partial charge in [-0.2, -0.15) is 0 Å². The highest BCUT2D eigenvalue weighted by molar-refractivity contribution is 5.80. The van der Waals surface area contributed by atoms with Crippen LogP contribution in [0.4, 0.5) is 4.79 Å². The summed E-state index contributed by atoms with van der Waals surface area (Å²) in [6.07, 6.45) is 1.52. The number of alkyl carbamates (subject to hydrolysis) is 1. The molecule has 1 amide bonds. The Hall–Kier alpha value is -3.02. The lowest BCUT2D eigenvalue weighted by atomic mass is 10.1. The van der Waals surface area contributed by atoms with Gasteiger partial charge in [0.25, 0.3) is 0 Å². The van der Waals surface area contributed by atoms with Crippen molar-refractivity contribution in [2.75, 3.05) is 0 Å². The van der Waals surface area contributed by atoms with Gasteiger partial charge >= 0.3 is 12.1 Å². The van der Waals surface area contributed by atoms with Gasteiger partial charge in [-0.1, -0.05) is 37.6 Å². The number of amides is 1. The maximum atomic E-state index is 11.9. The molecule has 0 saturated heterocycles. The third kappa shape index (κ3) is 7.86. The lowest BCUT2D eigenvalue weighted by Crippen LogP contribution is -2.44. The third-order valence-electron chi connectivity index (χ3n) is 4.05. The van der Waals surface area contributed by atoms with Crippen molar-refractivity contribution in [3.63, 3.8) is 0 Å². The van der Waals surface area contributed by atoms with Gasteiger partial charge in [0.2, 0.25) is 0 Å². The summed E-state index contributed by atoms with van der Waals surface area (Å²) < 4.78 is 11.0. The number of aryl methyl sites for hydroxylation is 1. The molecule has 2 rings (SSSR count). The first kappa shape index (κ1) is 22.3. The van der Waals surface area contributed by atoms with Gasteiger partial charge in [0, 0.05) is 6.42 Å². The van der Waals surface area contributed by atoms with Crippen molar-refractivity contribution < 1.29 is 24.2 Å². The van der Waals surface area contributed by atoms with Crippen molar-refractivity contribution in [1.29, 1.82) is 0 Å². The Morgan fingerprint density at radius 3 is 1.93 bits per heavy atom. The number of benzene rings is 2. The molecule has 0 fully saturated rings. The van der Waals surface area contributed by atoms with Crippen molar-refractivity contribution in [3.05, 3.63) is 59.7 Å². The fraction of sp³-hybridized carbons (Fsp3) is 0.391. The summed E-state index contributed by atoms with van der Waals surface area (Å²) in [4.78, 5) is 23.4. The number of hydrogen-bond donors (Lipinski definition) is 2. The first-order valence-electron chi connectivity index (χ1n) is 9.74. The number of nitrogens with one attached hydrogen (secondary N) is 1. The highest BCUT2D eigenvalue weighted by Crippen LogP contribution is 2.23. The molecule has 29 heavy (non-hydrogen) atoms. The molecule has 1 unspecified atom stereocenters. The molecular formula is C23H29NO5. The second kappa shape index (κ2) is 9.96. The minimum Gasteiger partial charge on any atom is -0.480 e. The lowest BCUT2D eigenvalue weighted by molar-refractivity contribution is -0.139. The average Bonchev–Trinajstić information content (AvgIpc) is 2.63. The molecule has 156 valence electrons. The van der Waals surface area contributed by atoms with E-state index in [0.717, 1.165) is 24.2 Å². The van der Waals surface area contributed by atoms with Crippen molar-refractivity contribution in [3.8, 4) is 11.5 Å². The largest absolute Gasteiger partial charge is 0.480 e.